The van der Waals surface area contributed by atoms with E-state index in [1.54, 1.807) is 6.92 Å². The topological polar surface area (TPSA) is 53.2 Å². The minimum atomic E-state index is -4.46. The molecule has 0 radical (unpaired) electrons. The van der Waals surface area contributed by atoms with Crippen LogP contribution >= 0.6 is 24.0 Å². The molecule has 0 bridgehead atoms. The van der Waals surface area contributed by atoms with E-state index in [1.165, 1.54) is 23.9 Å². The molecule has 0 aliphatic heterocycles. The first kappa shape index (κ1) is 23.6. The van der Waals surface area contributed by atoms with Gasteiger partial charge in [0.1, 0.15) is 0 Å². The Morgan fingerprint density at radius 2 is 1.44 bits per heavy atom. The molecule has 3 aromatic carbocycles. The molecule has 3 aromatic rings. The van der Waals surface area contributed by atoms with Gasteiger partial charge in [0.05, 0.1) is 10.8 Å². The second-order valence-electron chi connectivity index (χ2n) is 6.80. The third-order valence-corrected chi connectivity index (χ3v) is 5.60. The summed E-state index contributed by atoms with van der Waals surface area (Å²) in [6.07, 6.45) is -4.46. The molecule has 0 saturated heterocycles. The first-order valence-corrected chi connectivity index (χ1v) is 10.9. The molecule has 9 heteroatoms. The highest BCUT2D eigenvalue weighted by molar-refractivity contribution is 8.00. The Balaban J connectivity index is 1.53. The van der Waals surface area contributed by atoms with E-state index in [1.807, 2.05) is 54.6 Å². The molecule has 1 atom stereocenters. The van der Waals surface area contributed by atoms with Crippen molar-refractivity contribution in [1.82, 2.24) is 0 Å². The van der Waals surface area contributed by atoms with Gasteiger partial charge in [-0.1, -0.05) is 24.3 Å². The second-order valence-corrected chi connectivity index (χ2v) is 8.62. The summed E-state index contributed by atoms with van der Waals surface area (Å²) in [4.78, 5) is 13.3. The number of carbonyl (C=O) groups excluding carboxylic acids is 1. The third-order valence-electron chi connectivity index (χ3n) is 4.28. The van der Waals surface area contributed by atoms with Gasteiger partial charge in [-0.05, 0) is 73.7 Å². The number of hydrogen-bond acceptors (Lipinski definition) is 3. The Labute approximate surface area is 193 Å². The van der Waals surface area contributed by atoms with Gasteiger partial charge < -0.3 is 16.0 Å². The summed E-state index contributed by atoms with van der Waals surface area (Å²) < 4.78 is 38.5. The van der Waals surface area contributed by atoms with E-state index in [0.29, 0.717) is 5.11 Å². The van der Waals surface area contributed by atoms with Crippen molar-refractivity contribution in [1.29, 1.82) is 0 Å². The van der Waals surface area contributed by atoms with E-state index in [4.69, 9.17) is 12.2 Å². The van der Waals surface area contributed by atoms with E-state index in [9.17, 15) is 18.0 Å². The fourth-order valence-corrected chi connectivity index (χ4v) is 3.81. The summed E-state index contributed by atoms with van der Waals surface area (Å²) in [5.74, 6) is -0.384. The van der Waals surface area contributed by atoms with Gasteiger partial charge in [0, 0.05) is 22.0 Å². The van der Waals surface area contributed by atoms with Crippen molar-refractivity contribution < 1.29 is 18.0 Å². The first-order valence-electron chi connectivity index (χ1n) is 9.58. The van der Waals surface area contributed by atoms with Crippen molar-refractivity contribution >= 4 is 52.1 Å². The lowest BCUT2D eigenvalue weighted by Crippen LogP contribution is -2.22. The van der Waals surface area contributed by atoms with Gasteiger partial charge in [-0.2, -0.15) is 13.2 Å². The highest BCUT2D eigenvalue weighted by Gasteiger charge is 2.30. The van der Waals surface area contributed by atoms with E-state index in [0.717, 1.165) is 28.4 Å². The van der Waals surface area contributed by atoms with Crippen molar-refractivity contribution in [2.75, 3.05) is 16.0 Å². The number of alkyl halides is 3. The van der Waals surface area contributed by atoms with Gasteiger partial charge in [-0.15, -0.1) is 11.8 Å². The van der Waals surface area contributed by atoms with Gasteiger partial charge >= 0.3 is 6.18 Å². The summed E-state index contributed by atoms with van der Waals surface area (Å²) in [6.45, 7) is 1.69. The largest absolute Gasteiger partial charge is 0.416 e. The van der Waals surface area contributed by atoms with Crippen LogP contribution in [0.2, 0.25) is 0 Å². The highest BCUT2D eigenvalue weighted by atomic mass is 32.2. The number of halogens is 3. The van der Waals surface area contributed by atoms with Gasteiger partial charge in [0.2, 0.25) is 5.91 Å². The molecule has 32 heavy (non-hydrogen) atoms. The maximum atomic E-state index is 12.8. The van der Waals surface area contributed by atoms with E-state index >= 15 is 0 Å². The van der Waals surface area contributed by atoms with Gasteiger partial charge in [0.15, 0.2) is 5.11 Å². The summed E-state index contributed by atoms with van der Waals surface area (Å²) in [5, 5.41) is 8.64. The fraction of sp³-hybridized carbons (Fsp3) is 0.130. The molecule has 0 heterocycles. The van der Waals surface area contributed by atoms with Crippen LogP contribution in [-0.4, -0.2) is 16.3 Å². The SMILES string of the molecule is CC(Sc1ccc(NC(=S)Nc2ccccc2)cc1)C(=O)Nc1cccc(C(F)(F)F)c1. The number of rotatable bonds is 6. The van der Waals surface area contributed by atoms with Crippen LogP contribution in [0.3, 0.4) is 0 Å². The Kier molecular flexibility index (Phi) is 7.76. The number of para-hydroxylation sites is 1. The number of anilines is 3. The Hall–Kier alpha value is -3.04. The molecule has 3 N–H and O–H groups in total. The molecular weight excluding hydrogens is 455 g/mol. The summed E-state index contributed by atoms with van der Waals surface area (Å²) in [6, 6.07) is 21.4. The lowest BCUT2D eigenvalue weighted by atomic mass is 10.2. The fourth-order valence-electron chi connectivity index (χ4n) is 2.71. The van der Waals surface area contributed by atoms with E-state index < -0.39 is 17.0 Å². The number of hydrogen-bond donors (Lipinski definition) is 3. The molecule has 0 spiro atoms. The normalized spacial score (nSPS) is 12.0. The lowest BCUT2D eigenvalue weighted by molar-refractivity contribution is -0.137. The Morgan fingerprint density at radius 1 is 0.844 bits per heavy atom. The standard InChI is InChI=1S/C23H20F3N3OS2/c1-15(21(30)27-19-9-5-6-16(14-19)23(24,25)26)32-20-12-10-18(11-13-20)29-22(31)28-17-7-3-2-4-8-17/h2-15H,1H3,(H,27,30)(H2,28,29,31). The molecule has 0 aliphatic carbocycles. The van der Waals surface area contributed by atoms with Gasteiger partial charge in [-0.3, -0.25) is 4.79 Å². The van der Waals surface area contributed by atoms with E-state index in [-0.39, 0.29) is 11.6 Å². The molecular formula is C23H20F3N3OS2. The zero-order valence-electron chi connectivity index (χ0n) is 16.9. The quantitative estimate of drug-likeness (QED) is 0.276. The third kappa shape index (κ3) is 7.00. The Morgan fingerprint density at radius 3 is 2.06 bits per heavy atom. The lowest BCUT2D eigenvalue weighted by Gasteiger charge is -2.14. The molecule has 0 aliphatic rings. The molecule has 4 nitrogen and oxygen atoms in total. The van der Waals surface area contributed by atoms with Crippen LogP contribution in [0, 0.1) is 0 Å². The smallest absolute Gasteiger partial charge is 0.332 e. The van der Waals surface area contributed by atoms with Crippen molar-refractivity contribution in [3.63, 3.8) is 0 Å². The molecule has 0 saturated carbocycles. The van der Waals surface area contributed by atoms with Gasteiger partial charge in [0.25, 0.3) is 0 Å². The molecule has 3 rings (SSSR count). The molecule has 1 amide bonds. The van der Waals surface area contributed by atoms with Crippen LogP contribution in [0.15, 0.2) is 83.8 Å². The minimum absolute atomic E-state index is 0.108. The highest BCUT2D eigenvalue weighted by Crippen LogP contribution is 2.31. The van der Waals surface area contributed by atoms with Gasteiger partial charge in [-0.25, -0.2) is 0 Å². The van der Waals surface area contributed by atoms with Crippen LogP contribution in [-0.2, 0) is 11.0 Å². The molecule has 166 valence electrons. The van der Waals surface area contributed by atoms with Crippen molar-refractivity contribution in [3.8, 4) is 0 Å². The van der Waals surface area contributed by atoms with Crippen LogP contribution in [0.25, 0.3) is 0 Å². The number of amides is 1. The number of thioether (sulfide) groups is 1. The maximum Gasteiger partial charge on any atom is 0.416 e. The number of nitrogens with one attached hydrogen (secondary N) is 3. The predicted molar refractivity (Wildman–Crippen MR) is 128 cm³/mol. The first-order chi connectivity index (χ1) is 15.2. The van der Waals surface area contributed by atoms with Crippen LogP contribution in [0.4, 0.5) is 30.2 Å². The number of thiocarbonyl (C=S) groups is 1. The molecule has 0 fully saturated rings. The van der Waals surface area contributed by atoms with E-state index in [2.05, 4.69) is 16.0 Å². The average molecular weight is 476 g/mol. The van der Waals surface area contributed by atoms with Crippen molar-refractivity contribution in [2.45, 2.75) is 23.2 Å². The maximum absolute atomic E-state index is 12.8. The van der Waals surface area contributed by atoms with Crippen LogP contribution < -0.4 is 16.0 Å². The minimum Gasteiger partial charge on any atom is -0.332 e. The van der Waals surface area contributed by atoms with Crippen LogP contribution in [0.5, 0.6) is 0 Å². The second kappa shape index (κ2) is 10.5. The van der Waals surface area contributed by atoms with Crippen molar-refractivity contribution in [2.24, 2.45) is 0 Å². The van der Waals surface area contributed by atoms with Crippen molar-refractivity contribution in [3.05, 3.63) is 84.4 Å². The Bertz CT molecular complexity index is 1070. The number of benzene rings is 3. The van der Waals surface area contributed by atoms with Crippen LogP contribution in [0.1, 0.15) is 12.5 Å². The number of carbonyl (C=O) groups is 1. The monoisotopic (exact) mass is 475 g/mol. The average Bonchev–Trinajstić information content (AvgIpc) is 2.75. The predicted octanol–water partition coefficient (Wildman–Crippen LogP) is 6.63. The molecule has 0 aromatic heterocycles. The molecule has 1 unspecified atom stereocenters. The zero-order chi connectivity index (χ0) is 23.1. The summed E-state index contributed by atoms with van der Waals surface area (Å²) in [5.41, 5.74) is 0.955. The zero-order valence-corrected chi connectivity index (χ0v) is 18.6. The summed E-state index contributed by atoms with van der Waals surface area (Å²) in [7, 11) is 0. The summed E-state index contributed by atoms with van der Waals surface area (Å²) >= 11 is 6.60.